The SMILES string of the molecule is O=S(=O)(O)c1ccncc1Br. The lowest BCUT2D eigenvalue weighted by atomic mass is 10.5. The summed E-state index contributed by atoms with van der Waals surface area (Å²) in [4.78, 5) is 3.46. The van der Waals surface area contributed by atoms with Crippen molar-refractivity contribution in [3.05, 3.63) is 22.9 Å². The van der Waals surface area contributed by atoms with E-state index in [0.717, 1.165) is 0 Å². The Labute approximate surface area is 72.1 Å². The largest absolute Gasteiger partial charge is 0.295 e. The smallest absolute Gasteiger partial charge is 0.282 e. The molecule has 0 radical (unpaired) electrons. The number of pyridine rings is 1. The van der Waals surface area contributed by atoms with Gasteiger partial charge in [-0.3, -0.25) is 9.54 Å². The van der Waals surface area contributed by atoms with Gasteiger partial charge in [-0.1, -0.05) is 0 Å². The van der Waals surface area contributed by atoms with Crippen molar-refractivity contribution < 1.29 is 13.0 Å². The van der Waals surface area contributed by atoms with E-state index in [2.05, 4.69) is 20.9 Å². The lowest BCUT2D eigenvalue weighted by Gasteiger charge is -1.96. The molecule has 0 saturated carbocycles. The van der Waals surface area contributed by atoms with E-state index in [0.29, 0.717) is 0 Å². The van der Waals surface area contributed by atoms with E-state index in [4.69, 9.17) is 4.55 Å². The number of hydrogen-bond acceptors (Lipinski definition) is 3. The summed E-state index contributed by atoms with van der Waals surface area (Å²) in [6, 6.07) is 1.21. The highest BCUT2D eigenvalue weighted by Crippen LogP contribution is 2.18. The minimum atomic E-state index is -4.12. The number of aromatic nitrogens is 1. The molecule has 0 saturated heterocycles. The van der Waals surface area contributed by atoms with Crippen molar-refractivity contribution in [2.24, 2.45) is 0 Å². The first kappa shape index (κ1) is 8.63. The molecule has 0 aromatic carbocycles. The second-order valence-electron chi connectivity index (χ2n) is 1.78. The Balaban J connectivity index is 3.37. The Hall–Kier alpha value is -0.460. The molecule has 11 heavy (non-hydrogen) atoms. The average Bonchev–Trinajstić information content (AvgIpc) is 1.86. The van der Waals surface area contributed by atoms with Crippen LogP contribution in [0.1, 0.15) is 0 Å². The second kappa shape index (κ2) is 2.88. The van der Waals surface area contributed by atoms with E-state index in [-0.39, 0.29) is 9.37 Å². The molecule has 0 aliphatic heterocycles. The van der Waals surface area contributed by atoms with Crippen molar-refractivity contribution in [1.82, 2.24) is 4.98 Å². The van der Waals surface area contributed by atoms with Crippen LogP contribution in [0, 0.1) is 0 Å². The average molecular weight is 238 g/mol. The summed E-state index contributed by atoms with van der Waals surface area (Å²) in [5, 5.41) is 0. The Morgan fingerprint density at radius 3 is 2.55 bits per heavy atom. The van der Waals surface area contributed by atoms with Gasteiger partial charge in [-0.05, 0) is 22.0 Å². The van der Waals surface area contributed by atoms with Crippen molar-refractivity contribution in [1.29, 1.82) is 0 Å². The van der Waals surface area contributed by atoms with E-state index in [1.807, 2.05) is 0 Å². The molecule has 1 N–H and O–H groups in total. The molecule has 0 atom stereocenters. The third kappa shape index (κ3) is 1.98. The molecule has 0 fully saturated rings. The molecular formula is C5H4BrNO3S. The van der Waals surface area contributed by atoms with Gasteiger partial charge in [-0.2, -0.15) is 8.42 Å². The predicted octanol–water partition coefficient (Wildman–Crippen LogP) is 1.09. The maximum Gasteiger partial charge on any atom is 0.295 e. The first-order valence-electron chi connectivity index (χ1n) is 2.59. The fourth-order valence-corrected chi connectivity index (χ4v) is 1.97. The van der Waals surface area contributed by atoms with Gasteiger partial charge in [0.2, 0.25) is 0 Å². The summed E-state index contributed by atoms with van der Waals surface area (Å²) < 4.78 is 29.9. The fourth-order valence-electron chi connectivity index (χ4n) is 0.572. The Kier molecular flexibility index (Phi) is 2.26. The van der Waals surface area contributed by atoms with Crippen molar-refractivity contribution in [3.8, 4) is 0 Å². The van der Waals surface area contributed by atoms with Crippen LogP contribution in [0.2, 0.25) is 0 Å². The summed E-state index contributed by atoms with van der Waals surface area (Å²) in [5.41, 5.74) is 0. The molecule has 0 aliphatic rings. The maximum atomic E-state index is 10.6. The molecule has 4 nitrogen and oxygen atoms in total. The van der Waals surface area contributed by atoms with Gasteiger partial charge in [0.1, 0.15) is 4.90 Å². The van der Waals surface area contributed by atoms with E-state index < -0.39 is 10.1 Å². The van der Waals surface area contributed by atoms with Crippen LogP contribution in [0.3, 0.4) is 0 Å². The lowest BCUT2D eigenvalue weighted by molar-refractivity contribution is 0.482. The van der Waals surface area contributed by atoms with Crippen molar-refractivity contribution in [2.45, 2.75) is 4.90 Å². The summed E-state index contributed by atoms with van der Waals surface area (Å²) >= 11 is 2.93. The summed E-state index contributed by atoms with van der Waals surface area (Å²) in [6.45, 7) is 0. The zero-order chi connectivity index (χ0) is 8.48. The van der Waals surface area contributed by atoms with Gasteiger partial charge in [0.05, 0.1) is 4.47 Å². The molecule has 6 heteroatoms. The number of nitrogens with zero attached hydrogens (tertiary/aromatic N) is 1. The molecule has 1 aromatic rings. The third-order valence-electron chi connectivity index (χ3n) is 1.01. The molecule has 1 heterocycles. The van der Waals surface area contributed by atoms with Gasteiger partial charge in [-0.25, -0.2) is 0 Å². The van der Waals surface area contributed by atoms with Crippen molar-refractivity contribution >= 4 is 26.0 Å². The van der Waals surface area contributed by atoms with Crippen LogP contribution < -0.4 is 0 Å². The normalized spacial score (nSPS) is 11.5. The highest BCUT2D eigenvalue weighted by molar-refractivity contribution is 9.10. The van der Waals surface area contributed by atoms with E-state index >= 15 is 0 Å². The van der Waals surface area contributed by atoms with Gasteiger partial charge in [0.25, 0.3) is 10.1 Å². The first-order chi connectivity index (χ1) is 5.02. The van der Waals surface area contributed by atoms with E-state index in [1.165, 1.54) is 18.5 Å². The summed E-state index contributed by atoms with van der Waals surface area (Å²) in [5.74, 6) is 0. The van der Waals surface area contributed by atoms with Crippen LogP contribution in [-0.4, -0.2) is 18.0 Å². The molecule has 0 aliphatic carbocycles. The third-order valence-corrected chi connectivity index (χ3v) is 2.82. The van der Waals surface area contributed by atoms with Gasteiger partial charge in [-0.15, -0.1) is 0 Å². The van der Waals surface area contributed by atoms with Crippen LogP contribution in [0.15, 0.2) is 27.8 Å². The van der Waals surface area contributed by atoms with Gasteiger partial charge in [0.15, 0.2) is 0 Å². The molecule has 0 amide bonds. The first-order valence-corrected chi connectivity index (χ1v) is 4.82. The Bertz CT molecular complexity index is 362. The summed E-state index contributed by atoms with van der Waals surface area (Å²) in [7, 11) is -4.12. The number of halogens is 1. The topological polar surface area (TPSA) is 67.3 Å². The highest BCUT2D eigenvalue weighted by atomic mass is 79.9. The van der Waals surface area contributed by atoms with Gasteiger partial charge >= 0.3 is 0 Å². The predicted molar refractivity (Wildman–Crippen MR) is 41.8 cm³/mol. The van der Waals surface area contributed by atoms with Crippen molar-refractivity contribution in [3.63, 3.8) is 0 Å². The molecule has 0 unspecified atom stereocenters. The molecule has 0 bridgehead atoms. The number of rotatable bonds is 1. The van der Waals surface area contributed by atoms with Crippen LogP contribution in [0.4, 0.5) is 0 Å². The van der Waals surface area contributed by atoms with Crippen LogP contribution >= 0.6 is 15.9 Å². The van der Waals surface area contributed by atoms with E-state index in [1.54, 1.807) is 0 Å². The molecule has 1 rings (SSSR count). The summed E-state index contributed by atoms with van der Waals surface area (Å²) in [6.07, 6.45) is 2.58. The molecule has 0 spiro atoms. The maximum absolute atomic E-state index is 10.6. The Morgan fingerprint density at radius 2 is 2.18 bits per heavy atom. The van der Waals surface area contributed by atoms with Crippen LogP contribution in [0.25, 0.3) is 0 Å². The molecular weight excluding hydrogens is 234 g/mol. The van der Waals surface area contributed by atoms with Gasteiger partial charge < -0.3 is 0 Å². The Morgan fingerprint density at radius 1 is 1.55 bits per heavy atom. The molecule has 1 aromatic heterocycles. The fraction of sp³-hybridized carbons (Fsp3) is 0. The second-order valence-corrected chi connectivity index (χ2v) is 4.03. The highest BCUT2D eigenvalue weighted by Gasteiger charge is 2.12. The minimum absolute atomic E-state index is 0.174. The zero-order valence-electron chi connectivity index (χ0n) is 5.23. The van der Waals surface area contributed by atoms with Crippen LogP contribution in [-0.2, 0) is 10.1 Å². The monoisotopic (exact) mass is 237 g/mol. The lowest BCUT2D eigenvalue weighted by Crippen LogP contribution is -1.98. The van der Waals surface area contributed by atoms with E-state index in [9.17, 15) is 8.42 Å². The molecule has 60 valence electrons. The minimum Gasteiger partial charge on any atom is -0.282 e. The van der Waals surface area contributed by atoms with Gasteiger partial charge in [0, 0.05) is 12.4 Å². The zero-order valence-corrected chi connectivity index (χ0v) is 7.63. The van der Waals surface area contributed by atoms with Crippen molar-refractivity contribution in [2.75, 3.05) is 0 Å². The number of hydrogen-bond donors (Lipinski definition) is 1. The van der Waals surface area contributed by atoms with Crippen LogP contribution in [0.5, 0.6) is 0 Å². The standard InChI is InChI=1S/C5H4BrNO3S/c6-4-3-7-2-1-5(4)11(8,9)10/h1-3H,(H,8,9,10). The quantitative estimate of drug-likeness (QED) is 0.743.